The van der Waals surface area contributed by atoms with Gasteiger partial charge >= 0.3 is 0 Å². The van der Waals surface area contributed by atoms with Crippen molar-refractivity contribution in [3.63, 3.8) is 0 Å². The Hall–Kier alpha value is -1.79. The standard InChI is InChI=1S/C14H15N3O2S/c18-13(12-8-20-17-16-12)15-9-14(19)7-3-5-10-4-1-2-6-11(10)14/h1-2,4,6,8,19H,3,5,7,9H2,(H,15,18). The molecule has 0 bridgehead atoms. The first kappa shape index (κ1) is 13.2. The highest BCUT2D eigenvalue weighted by molar-refractivity contribution is 7.03. The molecule has 0 fully saturated rings. The van der Waals surface area contributed by atoms with E-state index in [9.17, 15) is 9.90 Å². The Labute approximate surface area is 120 Å². The lowest BCUT2D eigenvalue weighted by atomic mass is 9.79. The van der Waals surface area contributed by atoms with E-state index >= 15 is 0 Å². The molecule has 2 aromatic rings. The maximum Gasteiger partial charge on any atom is 0.272 e. The Kier molecular flexibility index (Phi) is 3.50. The van der Waals surface area contributed by atoms with Gasteiger partial charge < -0.3 is 10.4 Å². The van der Waals surface area contributed by atoms with Gasteiger partial charge in [0, 0.05) is 5.38 Å². The molecule has 1 amide bonds. The molecule has 104 valence electrons. The van der Waals surface area contributed by atoms with Crippen molar-refractivity contribution in [3.8, 4) is 0 Å². The van der Waals surface area contributed by atoms with Crippen LogP contribution in [-0.2, 0) is 12.0 Å². The predicted octanol–water partition coefficient (Wildman–Crippen LogP) is 1.49. The third-order valence-electron chi connectivity index (χ3n) is 3.69. The van der Waals surface area contributed by atoms with E-state index in [4.69, 9.17) is 0 Å². The lowest BCUT2D eigenvalue weighted by Gasteiger charge is -2.34. The van der Waals surface area contributed by atoms with Crippen molar-refractivity contribution in [2.24, 2.45) is 0 Å². The summed E-state index contributed by atoms with van der Waals surface area (Å²) >= 11 is 1.13. The van der Waals surface area contributed by atoms with Crippen molar-refractivity contribution in [1.82, 2.24) is 14.9 Å². The third-order valence-corrected chi connectivity index (χ3v) is 4.19. The van der Waals surface area contributed by atoms with E-state index in [0.29, 0.717) is 12.1 Å². The first-order valence-electron chi connectivity index (χ1n) is 6.55. The molecular weight excluding hydrogens is 274 g/mol. The summed E-state index contributed by atoms with van der Waals surface area (Å²) < 4.78 is 3.66. The summed E-state index contributed by atoms with van der Waals surface area (Å²) in [7, 11) is 0. The minimum Gasteiger partial charge on any atom is -0.383 e. The summed E-state index contributed by atoms with van der Waals surface area (Å²) in [6.45, 7) is 0.195. The third kappa shape index (κ3) is 2.44. The van der Waals surface area contributed by atoms with Gasteiger partial charge in [-0.25, -0.2) is 0 Å². The molecular formula is C14H15N3O2S. The van der Waals surface area contributed by atoms with Gasteiger partial charge in [0.05, 0.1) is 6.54 Å². The van der Waals surface area contributed by atoms with Gasteiger partial charge in [-0.15, -0.1) is 5.10 Å². The second kappa shape index (κ2) is 5.30. The number of aromatic nitrogens is 2. The van der Waals surface area contributed by atoms with E-state index in [1.54, 1.807) is 5.38 Å². The number of nitrogens with zero attached hydrogens (tertiary/aromatic N) is 2. The minimum atomic E-state index is -0.992. The molecule has 1 atom stereocenters. The Morgan fingerprint density at radius 1 is 1.45 bits per heavy atom. The van der Waals surface area contributed by atoms with Gasteiger partial charge in [-0.05, 0) is 41.9 Å². The second-order valence-electron chi connectivity index (χ2n) is 5.02. The molecule has 0 saturated carbocycles. The van der Waals surface area contributed by atoms with Crippen molar-refractivity contribution >= 4 is 17.4 Å². The molecule has 0 spiro atoms. The summed E-state index contributed by atoms with van der Waals surface area (Å²) in [6.07, 6.45) is 2.55. The monoisotopic (exact) mass is 289 g/mol. The molecule has 1 aromatic heterocycles. The van der Waals surface area contributed by atoms with Gasteiger partial charge in [0.25, 0.3) is 5.91 Å². The second-order valence-corrected chi connectivity index (χ2v) is 5.62. The summed E-state index contributed by atoms with van der Waals surface area (Å²) in [4.78, 5) is 11.9. The average Bonchev–Trinajstić information content (AvgIpc) is 3.00. The number of aryl methyl sites for hydroxylation is 1. The lowest BCUT2D eigenvalue weighted by Crippen LogP contribution is -2.43. The SMILES string of the molecule is O=C(NCC1(O)CCCc2ccccc21)c1csnn1. The number of amides is 1. The van der Waals surface area contributed by atoms with Gasteiger partial charge in [0.2, 0.25) is 0 Å². The van der Waals surface area contributed by atoms with Crippen LogP contribution >= 0.6 is 11.5 Å². The number of carbonyl (C=O) groups excluding carboxylic acids is 1. The van der Waals surface area contributed by atoms with Crippen molar-refractivity contribution in [3.05, 3.63) is 46.5 Å². The molecule has 1 aliphatic carbocycles. The van der Waals surface area contributed by atoms with E-state index in [2.05, 4.69) is 14.9 Å². The van der Waals surface area contributed by atoms with Gasteiger partial charge in [0.15, 0.2) is 5.69 Å². The average molecular weight is 289 g/mol. The van der Waals surface area contributed by atoms with Crippen LogP contribution in [0, 0.1) is 0 Å². The number of aliphatic hydroxyl groups is 1. The Morgan fingerprint density at radius 3 is 3.10 bits per heavy atom. The van der Waals surface area contributed by atoms with Crippen LogP contribution in [0.4, 0.5) is 0 Å². The van der Waals surface area contributed by atoms with Crippen molar-refractivity contribution in [2.45, 2.75) is 24.9 Å². The summed E-state index contributed by atoms with van der Waals surface area (Å²) in [6, 6.07) is 7.86. The molecule has 3 rings (SSSR count). The van der Waals surface area contributed by atoms with Crippen LogP contribution in [0.15, 0.2) is 29.6 Å². The van der Waals surface area contributed by atoms with Crippen molar-refractivity contribution in [1.29, 1.82) is 0 Å². The van der Waals surface area contributed by atoms with Gasteiger partial charge in [0.1, 0.15) is 5.60 Å². The highest BCUT2D eigenvalue weighted by Crippen LogP contribution is 2.34. The largest absolute Gasteiger partial charge is 0.383 e. The Balaban J connectivity index is 1.76. The molecule has 0 aliphatic heterocycles. The molecule has 0 saturated heterocycles. The fourth-order valence-electron chi connectivity index (χ4n) is 2.66. The Morgan fingerprint density at radius 2 is 2.30 bits per heavy atom. The first-order valence-corrected chi connectivity index (χ1v) is 7.39. The molecule has 1 heterocycles. The highest BCUT2D eigenvalue weighted by Gasteiger charge is 2.34. The van der Waals surface area contributed by atoms with E-state index in [-0.39, 0.29) is 12.5 Å². The fourth-order valence-corrected chi connectivity index (χ4v) is 3.10. The van der Waals surface area contributed by atoms with E-state index in [0.717, 1.165) is 35.5 Å². The van der Waals surface area contributed by atoms with Crippen LogP contribution in [0.5, 0.6) is 0 Å². The maximum atomic E-state index is 11.9. The molecule has 1 unspecified atom stereocenters. The van der Waals surface area contributed by atoms with Gasteiger partial charge in [-0.2, -0.15) is 0 Å². The summed E-state index contributed by atoms with van der Waals surface area (Å²) in [5, 5.41) is 18.9. The van der Waals surface area contributed by atoms with Gasteiger partial charge in [-0.1, -0.05) is 28.8 Å². The molecule has 1 aromatic carbocycles. The van der Waals surface area contributed by atoms with Crippen molar-refractivity contribution < 1.29 is 9.90 Å². The van der Waals surface area contributed by atoms with E-state index in [1.165, 1.54) is 0 Å². The van der Waals surface area contributed by atoms with Crippen LogP contribution in [0.25, 0.3) is 0 Å². The number of fused-ring (bicyclic) bond motifs is 1. The minimum absolute atomic E-state index is 0.195. The van der Waals surface area contributed by atoms with E-state index in [1.807, 2.05) is 24.3 Å². The van der Waals surface area contributed by atoms with Crippen LogP contribution in [0.2, 0.25) is 0 Å². The molecule has 20 heavy (non-hydrogen) atoms. The molecule has 6 heteroatoms. The molecule has 1 aliphatic rings. The first-order chi connectivity index (χ1) is 9.69. The summed E-state index contributed by atoms with van der Waals surface area (Å²) in [5.41, 5.74) is 1.38. The predicted molar refractivity (Wildman–Crippen MR) is 75.5 cm³/mol. The number of benzene rings is 1. The number of hydrogen-bond donors (Lipinski definition) is 2. The molecule has 0 radical (unpaired) electrons. The van der Waals surface area contributed by atoms with Crippen molar-refractivity contribution in [2.75, 3.05) is 6.54 Å². The summed E-state index contributed by atoms with van der Waals surface area (Å²) in [5.74, 6) is -0.296. The normalized spacial score (nSPS) is 21.2. The Bertz CT molecular complexity index is 615. The van der Waals surface area contributed by atoms with Crippen LogP contribution < -0.4 is 5.32 Å². The van der Waals surface area contributed by atoms with E-state index < -0.39 is 5.60 Å². The van der Waals surface area contributed by atoms with Crippen LogP contribution in [0.1, 0.15) is 34.5 Å². The molecule has 5 nitrogen and oxygen atoms in total. The maximum absolute atomic E-state index is 11.9. The smallest absolute Gasteiger partial charge is 0.272 e. The fraction of sp³-hybridized carbons (Fsp3) is 0.357. The molecule has 2 N–H and O–H groups in total. The number of hydrogen-bond acceptors (Lipinski definition) is 5. The zero-order valence-electron chi connectivity index (χ0n) is 10.9. The zero-order chi connectivity index (χ0) is 14.0. The van der Waals surface area contributed by atoms with Gasteiger partial charge in [-0.3, -0.25) is 4.79 Å². The zero-order valence-corrected chi connectivity index (χ0v) is 11.7. The highest BCUT2D eigenvalue weighted by atomic mass is 32.1. The quantitative estimate of drug-likeness (QED) is 0.897. The lowest BCUT2D eigenvalue weighted by molar-refractivity contribution is 0.0189. The number of rotatable bonds is 3. The topological polar surface area (TPSA) is 75.1 Å². The van der Waals surface area contributed by atoms with Crippen LogP contribution in [0.3, 0.4) is 0 Å². The number of carbonyl (C=O) groups is 1. The van der Waals surface area contributed by atoms with Crippen LogP contribution in [-0.4, -0.2) is 27.1 Å². The number of nitrogens with one attached hydrogen (secondary N) is 1.